The standard InChI is InChI=1S/C13H26IN2S2/c1-4-12(11(2)16-13(18)15-3)14-9-7-5-6-8-10-17/h11-12H,3-10H2,1-2H3,(H2,16,17,18)/q-1/p+1/t11-,12?/m0/s1. The van der Waals surface area contributed by atoms with Crippen molar-refractivity contribution < 1.29 is 21.2 Å². The molecule has 0 aliphatic carbocycles. The number of amidine groups is 1. The monoisotopic (exact) mass is 402 g/mol. The Hall–Kier alpha value is 0.680. The zero-order valence-electron chi connectivity index (χ0n) is 11.5. The first-order valence-electron chi connectivity index (χ1n) is 6.63. The Bertz CT molecular complexity index is 255. The second kappa shape index (κ2) is 12.7. The molecule has 0 spiro atoms. The molecule has 0 aliphatic rings. The Morgan fingerprint density at radius 1 is 1.33 bits per heavy atom. The van der Waals surface area contributed by atoms with Gasteiger partial charge in [0.05, 0.1) is 0 Å². The molecule has 0 aromatic rings. The number of thiol groups is 2. The van der Waals surface area contributed by atoms with E-state index < -0.39 is 0 Å². The zero-order valence-corrected chi connectivity index (χ0v) is 15.5. The van der Waals surface area contributed by atoms with E-state index in [-0.39, 0.29) is 21.2 Å². The molecule has 0 rings (SSSR count). The van der Waals surface area contributed by atoms with Crippen molar-refractivity contribution in [3.8, 4) is 0 Å². The molecule has 0 aliphatic heterocycles. The first kappa shape index (κ1) is 18.7. The molecule has 2 atom stereocenters. The molecule has 108 valence electrons. The summed E-state index contributed by atoms with van der Waals surface area (Å²) < 4.78 is 6.03. The van der Waals surface area contributed by atoms with Crippen LogP contribution in [0.25, 0.3) is 0 Å². The molecule has 0 radical (unpaired) electrons. The normalized spacial score (nSPS) is 14.0. The first-order valence-corrected chi connectivity index (χ1v) is 10.5. The van der Waals surface area contributed by atoms with E-state index in [2.05, 4.69) is 55.8 Å². The molecule has 0 fully saturated rings. The summed E-state index contributed by atoms with van der Waals surface area (Å²) in [5.74, 6) is 1.03. The number of nitrogens with zero attached hydrogens (tertiary/aromatic N) is 1. The van der Waals surface area contributed by atoms with Crippen molar-refractivity contribution in [3.05, 3.63) is 0 Å². The summed E-state index contributed by atoms with van der Waals surface area (Å²) in [7, 11) is 0. The second-order valence-corrected chi connectivity index (χ2v) is 8.75. The SMILES string of the molecule is C=[N+]=C(S)N[C@@H](C)C(CC)[I-]CCCCCCS. The minimum atomic E-state index is 0.268. The van der Waals surface area contributed by atoms with E-state index in [9.17, 15) is 0 Å². The van der Waals surface area contributed by atoms with Gasteiger partial charge in [-0.3, -0.25) is 0 Å². The van der Waals surface area contributed by atoms with Gasteiger partial charge in [-0.15, -0.1) is 0 Å². The third kappa shape index (κ3) is 9.59. The van der Waals surface area contributed by atoms with Crippen LogP contribution in [-0.2, 0) is 0 Å². The molecule has 18 heavy (non-hydrogen) atoms. The Morgan fingerprint density at radius 2 is 2.00 bits per heavy atom. The number of hydrogen-bond donors (Lipinski definition) is 3. The maximum atomic E-state index is 4.24. The molecule has 1 unspecified atom stereocenters. The molecular formula is C13H27IN2S2. The van der Waals surface area contributed by atoms with Crippen LogP contribution in [0.3, 0.4) is 0 Å². The third-order valence-corrected chi connectivity index (χ3v) is 7.85. The van der Waals surface area contributed by atoms with Crippen molar-refractivity contribution in [3.63, 3.8) is 0 Å². The average Bonchev–Trinajstić information content (AvgIpc) is 2.37. The maximum absolute atomic E-state index is 4.24. The summed E-state index contributed by atoms with van der Waals surface area (Å²) in [5.41, 5.74) is 0. The number of rotatable bonds is 10. The van der Waals surface area contributed by atoms with E-state index in [0.717, 1.165) is 9.68 Å². The van der Waals surface area contributed by atoms with Gasteiger partial charge >= 0.3 is 134 Å². The van der Waals surface area contributed by atoms with E-state index in [4.69, 9.17) is 0 Å². The summed E-state index contributed by atoms with van der Waals surface area (Å²) in [6.45, 7) is 7.99. The molecule has 0 amide bonds. The average molecular weight is 402 g/mol. The van der Waals surface area contributed by atoms with Crippen LogP contribution in [0.15, 0.2) is 0 Å². The van der Waals surface area contributed by atoms with Gasteiger partial charge < -0.3 is 0 Å². The van der Waals surface area contributed by atoms with Crippen molar-refractivity contribution in [2.75, 3.05) is 10.2 Å². The van der Waals surface area contributed by atoms with Crippen LogP contribution < -0.4 is 31.2 Å². The van der Waals surface area contributed by atoms with Gasteiger partial charge in [-0.1, -0.05) is 0 Å². The summed E-state index contributed by atoms with van der Waals surface area (Å²) in [6, 6.07) is 0.471. The molecule has 0 saturated heterocycles. The van der Waals surface area contributed by atoms with Crippen molar-refractivity contribution in [2.45, 2.75) is 55.9 Å². The van der Waals surface area contributed by atoms with Crippen molar-refractivity contribution >= 4 is 37.1 Å². The second-order valence-electron chi connectivity index (χ2n) is 4.32. The number of unbranched alkanes of at least 4 members (excludes halogenated alkanes) is 3. The van der Waals surface area contributed by atoms with Crippen molar-refractivity contribution in [1.82, 2.24) is 9.98 Å². The molecule has 0 aromatic heterocycles. The molecule has 1 N–H and O–H groups in total. The van der Waals surface area contributed by atoms with Gasteiger partial charge in [-0.05, 0) is 0 Å². The molecule has 0 aromatic carbocycles. The van der Waals surface area contributed by atoms with Crippen LogP contribution in [0.4, 0.5) is 0 Å². The summed E-state index contributed by atoms with van der Waals surface area (Å²) in [5, 5.41) is 3.96. The van der Waals surface area contributed by atoms with Gasteiger partial charge in [0.1, 0.15) is 0 Å². The molecule has 2 nitrogen and oxygen atoms in total. The predicted octanol–water partition coefficient (Wildman–Crippen LogP) is -0.624. The van der Waals surface area contributed by atoms with E-state index >= 15 is 0 Å². The van der Waals surface area contributed by atoms with Gasteiger partial charge in [0.15, 0.2) is 0 Å². The number of alkyl halides is 2. The van der Waals surface area contributed by atoms with Crippen LogP contribution in [0.5, 0.6) is 0 Å². The van der Waals surface area contributed by atoms with Crippen molar-refractivity contribution in [2.24, 2.45) is 0 Å². The Kier molecular flexibility index (Phi) is 13.2. The van der Waals surface area contributed by atoms with E-state index in [1.54, 1.807) is 0 Å². The fourth-order valence-corrected chi connectivity index (χ4v) is 5.49. The van der Waals surface area contributed by atoms with Crippen molar-refractivity contribution in [1.29, 1.82) is 0 Å². The van der Waals surface area contributed by atoms with Crippen LogP contribution >= 0.6 is 25.3 Å². The van der Waals surface area contributed by atoms with E-state index in [0.29, 0.717) is 11.2 Å². The van der Waals surface area contributed by atoms with Gasteiger partial charge in [0, 0.05) is 0 Å². The molecule has 0 saturated carbocycles. The van der Waals surface area contributed by atoms with E-state index in [1.807, 2.05) is 0 Å². The number of halogens is 1. The fourth-order valence-electron chi connectivity index (χ4n) is 1.71. The van der Waals surface area contributed by atoms with Crippen LogP contribution in [0.1, 0.15) is 46.0 Å². The fraction of sp³-hybridized carbons (Fsp3) is 0.846. The number of nitrogens with one attached hydrogen (secondary N) is 1. The summed E-state index contributed by atoms with van der Waals surface area (Å²) >= 11 is 8.74. The van der Waals surface area contributed by atoms with Gasteiger partial charge in [0.25, 0.3) is 0 Å². The first-order chi connectivity index (χ1) is 8.65. The van der Waals surface area contributed by atoms with Gasteiger partial charge in [-0.2, -0.15) is 0 Å². The Morgan fingerprint density at radius 3 is 2.56 bits per heavy atom. The summed E-state index contributed by atoms with van der Waals surface area (Å²) in [6.07, 6.45) is 6.61. The molecular weight excluding hydrogens is 375 g/mol. The minimum absolute atomic E-state index is 0.268. The van der Waals surface area contributed by atoms with Gasteiger partial charge in [0.2, 0.25) is 0 Å². The molecule has 0 bridgehead atoms. The Labute approximate surface area is 134 Å². The van der Waals surface area contributed by atoms with E-state index in [1.165, 1.54) is 36.5 Å². The Balaban J connectivity index is 3.78. The number of hydrogen-bond acceptors (Lipinski definition) is 1. The van der Waals surface area contributed by atoms with Crippen LogP contribution in [0, 0.1) is 0 Å². The molecule has 5 heteroatoms. The quantitative estimate of drug-likeness (QED) is 0.0849. The van der Waals surface area contributed by atoms with Crippen LogP contribution in [0.2, 0.25) is 0 Å². The molecule has 0 heterocycles. The topological polar surface area (TPSA) is 26.1 Å². The third-order valence-electron chi connectivity index (χ3n) is 2.79. The summed E-state index contributed by atoms with van der Waals surface area (Å²) in [4.78, 5) is 0. The predicted molar refractivity (Wildman–Crippen MR) is 87.1 cm³/mol. The van der Waals surface area contributed by atoms with Crippen LogP contribution in [-0.4, -0.2) is 32.0 Å². The van der Waals surface area contributed by atoms with Gasteiger partial charge in [-0.25, -0.2) is 0 Å². The zero-order chi connectivity index (χ0) is 13.8.